The van der Waals surface area contributed by atoms with E-state index in [-0.39, 0.29) is 0 Å². The van der Waals surface area contributed by atoms with E-state index in [4.69, 9.17) is 10.2 Å². The molecule has 1 atom stereocenters. The Hall–Kier alpha value is -1.79. The summed E-state index contributed by atoms with van der Waals surface area (Å²) in [5.74, 6) is 0. The molecule has 0 saturated heterocycles. The van der Waals surface area contributed by atoms with Crippen molar-refractivity contribution in [2.45, 2.75) is 12.5 Å². The SMILES string of the molecule is CN(C)CC(C)(O)CNc1nc2c(N)cccc2o1. The number of rotatable bonds is 5. The molecule has 1 aromatic carbocycles. The molecular weight excluding hydrogens is 244 g/mol. The predicted octanol–water partition coefficient (Wildman–Crippen LogP) is 1.13. The molecule has 0 bridgehead atoms. The number of fused-ring (bicyclic) bond motifs is 1. The Kier molecular flexibility index (Phi) is 3.64. The number of oxazole rings is 1. The number of hydrogen-bond donors (Lipinski definition) is 3. The Balaban J connectivity index is 2.08. The van der Waals surface area contributed by atoms with Gasteiger partial charge >= 0.3 is 0 Å². The average Bonchev–Trinajstić information content (AvgIpc) is 2.69. The zero-order valence-electron chi connectivity index (χ0n) is 11.5. The fourth-order valence-corrected chi connectivity index (χ4v) is 2.05. The fraction of sp³-hybridized carbons (Fsp3) is 0.462. The van der Waals surface area contributed by atoms with Gasteiger partial charge in [-0.15, -0.1) is 0 Å². The molecule has 0 aliphatic heterocycles. The van der Waals surface area contributed by atoms with Gasteiger partial charge in [0.2, 0.25) is 0 Å². The molecule has 1 aromatic heterocycles. The van der Waals surface area contributed by atoms with E-state index >= 15 is 0 Å². The second-order valence-corrected chi connectivity index (χ2v) is 5.30. The van der Waals surface area contributed by atoms with Crippen molar-refractivity contribution in [3.8, 4) is 0 Å². The van der Waals surface area contributed by atoms with Crippen LogP contribution in [0.25, 0.3) is 11.1 Å². The molecule has 1 heterocycles. The van der Waals surface area contributed by atoms with Crippen LogP contribution in [-0.4, -0.2) is 47.8 Å². The molecule has 4 N–H and O–H groups in total. The molecule has 2 rings (SSSR count). The summed E-state index contributed by atoms with van der Waals surface area (Å²) in [5, 5.41) is 13.2. The monoisotopic (exact) mass is 264 g/mol. The largest absolute Gasteiger partial charge is 0.423 e. The lowest BCUT2D eigenvalue weighted by Crippen LogP contribution is -2.43. The van der Waals surface area contributed by atoms with Gasteiger partial charge in [0.15, 0.2) is 5.58 Å². The van der Waals surface area contributed by atoms with Crippen LogP contribution < -0.4 is 11.1 Å². The first kappa shape index (κ1) is 13.6. The second kappa shape index (κ2) is 5.07. The number of nitrogens with one attached hydrogen (secondary N) is 1. The Morgan fingerprint density at radius 3 is 2.84 bits per heavy atom. The van der Waals surface area contributed by atoms with Gasteiger partial charge in [0, 0.05) is 13.1 Å². The number of anilines is 2. The van der Waals surface area contributed by atoms with Crippen molar-refractivity contribution in [2.24, 2.45) is 0 Å². The van der Waals surface area contributed by atoms with E-state index in [0.29, 0.717) is 35.9 Å². The first-order valence-electron chi connectivity index (χ1n) is 6.13. The van der Waals surface area contributed by atoms with Crippen LogP contribution in [0.4, 0.5) is 11.7 Å². The summed E-state index contributed by atoms with van der Waals surface area (Å²) in [5.41, 5.74) is 6.79. The third kappa shape index (κ3) is 3.36. The van der Waals surface area contributed by atoms with E-state index in [2.05, 4.69) is 10.3 Å². The van der Waals surface area contributed by atoms with Crippen LogP contribution in [-0.2, 0) is 0 Å². The van der Waals surface area contributed by atoms with Crippen LogP contribution in [0.3, 0.4) is 0 Å². The fourth-order valence-electron chi connectivity index (χ4n) is 2.05. The third-order valence-corrected chi connectivity index (χ3v) is 2.73. The molecular formula is C13H20N4O2. The average molecular weight is 264 g/mol. The predicted molar refractivity (Wildman–Crippen MR) is 76.1 cm³/mol. The van der Waals surface area contributed by atoms with Gasteiger partial charge in [0.25, 0.3) is 6.01 Å². The third-order valence-electron chi connectivity index (χ3n) is 2.73. The van der Waals surface area contributed by atoms with Crippen molar-refractivity contribution in [3.05, 3.63) is 18.2 Å². The van der Waals surface area contributed by atoms with E-state index in [1.165, 1.54) is 0 Å². The maximum atomic E-state index is 10.2. The van der Waals surface area contributed by atoms with Crippen LogP contribution in [0.2, 0.25) is 0 Å². The Morgan fingerprint density at radius 1 is 1.47 bits per heavy atom. The normalized spacial score (nSPS) is 14.8. The number of nitrogens with two attached hydrogens (primary N) is 1. The number of nitrogen functional groups attached to an aromatic ring is 1. The Labute approximate surface area is 112 Å². The van der Waals surface area contributed by atoms with Crippen molar-refractivity contribution >= 4 is 22.8 Å². The van der Waals surface area contributed by atoms with Crippen LogP contribution in [0.5, 0.6) is 0 Å². The molecule has 1 unspecified atom stereocenters. The summed E-state index contributed by atoms with van der Waals surface area (Å²) in [6, 6.07) is 5.76. The first-order chi connectivity index (χ1) is 8.87. The van der Waals surface area contributed by atoms with Crippen molar-refractivity contribution in [1.29, 1.82) is 0 Å². The minimum absolute atomic E-state index is 0.345. The molecule has 0 radical (unpaired) electrons. The van der Waals surface area contributed by atoms with Crippen LogP contribution >= 0.6 is 0 Å². The summed E-state index contributed by atoms with van der Waals surface area (Å²) >= 11 is 0. The van der Waals surface area contributed by atoms with Crippen molar-refractivity contribution in [3.63, 3.8) is 0 Å². The molecule has 104 valence electrons. The van der Waals surface area contributed by atoms with Gasteiger partial charge in [-0.05, 0) is 33.2 Å². The van der Waals surface area contributed by atoms with E-state index in [1.807, 2.05) is 31.1 Å². The van der Waals surface area contributed by atoms with Gasteiger partial charge < -0.3 is 25.5 Å². The van der Waals surface area contributed by atoms with Crippen LogP contribution in [0.15, 0.2) is 22.6 Å². The lowest BCUT2D eigenvalue weighted by molar-refractivity contribution is 0.0455. The van der Waals surface area contributed by atoms with E-state index in [0.717, 1.165) is 0 Å². The number of likely N-dealkylation sites (N-methyl/N-ethyl adjacent to an activating group) is 1. The van der Waals surface area contributed by atoms with Crippen molar-refractivity contribution < 1.29 is 9.52 Å². The van der Waals surface area contributed by atoms with Gasteiger partial charge in [-0.25, -0.2) is 0 Å². The molecule has 6 nitrogen and oxygen atoms in total. The number of aliphatic hydroxyl groups is 1. The highest BCUT2D eigenvalue weighted by atomic mass is 16.4. The molecule has 19 heavy (non-hydrogen) atoms. The number of benzene rings is 1. The van der Waals surface area contributed by atoms with E-state index in [1.54, 1.807) is 13.0 Å². The second-order valence-electron chi connectivity index (χ2n) is 5.30. The molecule has 0 saturated carbocycles. The van der Waals surface area contributed by atoms with Gasteiger partial charge in [0.05, 0.1) is 11.3 Å². The molecule has 6 heteroatoms. The molecule has 0 aliphatic rings. The molecule has 0 amide bonds. The first-order valence-corrected chi connectivity index (χ1v) is 6.13. The topological polar surface area (TPSA) is 87.5 Å². The summed E-state index contributed by atoms with van der Waals surface area (Å²) in [4.78, 5) is 6.19. The molecule has 0 spiro atoms. The minimum Gasteiger partial charge on any atom is -0.423 e. The van der Waals surface area contributed by atoms with Crippen LogP contribution in [0.1, 0.15) is 6.92 Å². The summed E-state index contributed by atoms with van der Waals surface area (Å²) in [6.45, 7) is 2.65. The summed E-state index contributed by atoms with van der Waals surface area (Å²) < 4.78 is 5.52. The molecule has 2 aromatic rings. The number of para-hydroxylation sites is 1. The van der Waals surface area contributed by atoms with E-state index in [9.17, 15) is 5.11 Å². The molecule has 0 fully saturated rings. The van der Waals surface area contributed by atoms with Gasteiger partial charge in [-0.1, -0.05) is 6.07 Å². The Bertz CT molecular complexity index is 563. The minimum atomic E-state index is -0.865. The summed E-state index contributed by atoms with van der Waals surface area (Å²) in [7, 11) is 3.82. The lowest BCUT2D eigenvalue weighted by atomic mass is 10.1. The molecule has 0 aliphatic carbocycles. The maximum Gasteiger partial charge on any atom is 0.295 e. The van der Waals surface area contributed by atoms with Crippen molar-refractivity contribution in [2.75, 3.05) is 38.2 Å². The van der Waals surface area contributed by atoms with Crippen LogP contribution in [0, 0.1) is 0 Å². The maximum absolute atomic E-state index is 10.2. The highest BCUT2D eigenvalue weighted by Crippen LogP contribution is 2.23. The van der Waals surface area contributed by atoms with Gasteiger partial charge in [-0.2, -0.15) is 4.98 Å². The van der Waals surface area contributed by atoms with Gasteiger partial charge in [0.1, 0.15) is 5.52 Å². The summed E-state index contributed by atoms with van der Waals surface area (Å²) in [6.07, 6.45) is 0. The van der Waals surface area contributed by atoms with Gasteiger partial charge in [-0.3, -0.25) is 0 Å². The smallest absolute Gasteiger partial charge is 0.295 e. The van der Waals surface area contributed by atoms with Crippen molar-refractivity contribution in [1.82, 2.24) is 9.88 Å². The standard InChI is InChI=1S/C13H20N4O2/c1-13(18,8-17(2)3)7-15-12-16-11-9(14)5-4-6-10(11)19-12/h4-6,18H,7-8,14H2,1-3H3,(H,15,16). The highest BCUT2D eigenvalue weighted by Gasteiger charge is 2.22. The number of nitrogens with zero attached hydrogens (tertiary/aromatic N) is 2. The Morgan fingerprint density at radius 2 is 2.21 bits per heavy atom. The quantitative estimate of drug-likeness (QED) is 0.702. The zero-order chi connectivity index (χ0) is 14.0. The number of aromatic nitrogens is 1. The van der Waals surface area contributed by atoms with E-state index < -0.39 is 5.60 Å². The lowest BCUT2D eigenvalue weighted by Gasteiger charge is -2.26. The zero-order valence-corrected chi connectivity index (χ0v) is 11.5. The highest BCUT2D eigenvalue weighted by molar-refractivity contribution is 5.86. The number of hydrogen-bond acceptors (Lipinski definition) is 6.